The van der Waals surface area contributed by atoms with E-state index >= 15 is 0 Å². The van der Waals surface area contributed by atoms with Crippen LogP contribution in [0.5, 0.6) is 0 Å². The molecule has 2 aromatic heterocycles. The number of hydrogen-bond acceptors (Lipinski definition) is 4. The Morgan fingerprint density at radius 3 is 1.72 bits per heavy atom. The number of aromatic nitrogens is 3. The van der Waals surface area contributed by atoms with Gasteiger partial charge in [-0.05, 0) is 96.4 Å². The molecule has 282 valence electrons. The van der Waals surface area contributed by atoms with Crippen LogP contribution in [0.25, 0.3) is 109 Å². The molecule has 1 aliphatic rings. The van der Waals surface area contributed by atoms with Gasteiger partial charge in [0, 0.05) is 42.3 Å². The molecule has 0 bridgehead atoms. The molecule has 0 spiro atoms. The lowest BCUT2D eigenvalue weighted by Gasteiger charge is -2.21. The van der Waals surface area contributed by atoms with Crippen molar-refractivity contribution in [3.8, 4) is 67.5 Å². The number of fused-ring (bicyclic) bond motifs is 8. The summed E-state index contributed by atoms with van der Waals surface area (Å²) < 4.78 is 2.64. The molecule has 0 aliphatic heterocycles. The molecule has 0 saturated heterocycles. The summed E-state index contributed by atoms with van der Waals surface area (Å²) in [5.41, 5.74) is 12.8. The normalized spacial score (nSPS) is 13.0. The third kappa shape index (κ3) is 5.45. The molecular weight excluding hydrogens is 747 g/mol. The molecule has 0 amide bonds. The number of rotatable bonds is 5. The van der Waals surface area contributed by atoms with Crippen molar-refractivity contribution in [2.45, 2.75) is 19.3 Å². The van der Waals surface area contributed by atoms with Gasteiger partial charge in [-0.2, -0.15) is 0 Å². The SMILES string of the molecule is CC1(C)c2ccccc2-c2ccc(-c3nc(-c4ccc5cc(-c6cccc7c6sc6ccccc67)ccc5c4)nc(-c4ccc(-c5ccccc5)c5ccccc45)n3)cc21. The summed E-state index contributed by atoms with van der Waals surface area (Å²) in [6.07, 6.45) is 0. The van der Waals surface area contributed by atoms with Crippen molar-refractivity contribution >= 4 is 53.1 Å². The Kier molecular flexibility index (Phi) is 7.75. The van der Waals surface area contributed by atoms with E-state index in [1.165, 1.54) is 70.1 Å². The Balaban J connectivity index is 1.01. The smallest absolute Gasteiger partial charge is 0.164 e. The molecule has 2 heterocycles. The van der Waals surface area contributed by atoms with Gasteiger partial charge in [0.05, 0.1) is 0 Å². The highest BCUT2D eigenvalue weighted by Crippen LogP contribution is 2.49. The van der Waals surface area contributed by atoms with E-state index in [-0.39, 0.29) is 5.41 Å². The molecular formula is C56H37N3S. The van der Waals surface area contributed by atoms with Crippen molar-refractivity contribution in [2.24, 2.45) is 0 Å². The van der Waals surface area contributed by atoms with Crippen molar-refractivity contribution < 1.29 is 0 Å². The van der Waals surface area contributed by atoms with Crippen molar-refractivity contribution in [1.82, 2.24) is 15.0 Å². The van der Waals surface area contributed by atoms with Crippen LogP contribution in [0.3, 0.4) is 0 Å². The van der Waals surface area contributed by atoms with Gasteiger partial charge in [0.25, 0.3) is 0 Å². The summed E-state index contributed by atoms with van der Waals surface area (Å²) in [4.78, 5) is 15.9. The van der Waals surface area contributed by atoms with Crippen LogP contribution in [-0.4, -0.2) is 15.0 Å². The second kappa shape index (κ2) is 13.4. The van der Waals surface area contributed by atoms with Crippen LogP contribution in [0.15, 0.2) is 188 Å². The topological polar surface area (TPSA) is 38.7 Å². The fraction of sp³-hybridized carbons (Fsp3) is 0.0536. The van der Waals surface area contributed by atoms with Crippen LogP contribution in [0.4, 0.5) is 0 Å². The van der Waals surface area contributed by atoms with Crippen molar-refractivity contribution in [2.75, 3.05) is 0 Å². The quantitative estimate of drug-likeness (QED) is 0.174. The van der Waals surface area contributed by atoms with Crippen molar-refractivity contribution in [3.63, 3.8) is 0 Å². The van der Waals surface area contributed by atoms with Crippen molar-refractivity contribution in [1.29, 1.82) is 0 Å². The summed E-state index contributed by atoms with van der Waals surface area (Å²) in [5.74, 6) is 1.96. The molecule has 3 nitrogen and oxygen atoms in total. The maximum atomic E-state index is 5.30. The van der Waals surface area contributed by atoms with Crippen LogP contribution >= 0.6 is 11.3 Å². The highest BCUT2D eigenvalue weighted by Gasteiger charge is 2.35. The van der Waals surface area contributed by atoms with Gasteiger partial charge in [0.15, 0.2) is 17.5 Å². The first-order valence-electron chi connectivity index (χ1n) is 20.5. The zero-order valence-electron chi connectivity index (χ0n) is 33.1. The molecule has 0 saturated carbocycles. The zero-order valence-corrected chi connectivity index (χ0v) is 34.0. The maximum absolute atomic E-state index is 5.30. The van der Waals surface area contributed by atoms with Crippen LogP contribution in [0.1, 0.15) is 25.0 Å². The highest BCUT2D eigenvalue weighted by atomic mass is 32.1. The molecule has 0 fully saturated rings. The van der Waals surface area contributed by atoms with E-state index in [1.807, 2.05) is 11.3 Å². The molecule has 60 heavy (non-hydrogen) atoms. The predicted octanol–water partition coefficient (Wildman–Crippen LogP) is 15.2. The lowest BCUT2D eigenvalue weighted by Crippen LogP contribution is -2.15. The van der Waals surface area contributed by atoms with Crippen LogP contribution in [0.2, 0.25) is 0 Å². The minimum Gasteiger partial charge on any atom is -0.208 e. The minimum absolute atomic E-state index is 0.149. The fourth-order valence-electron chi connectivity index (χ4n) is 9.49. The van der Waals surface area contributed by atoms with Gasteiger partial charge in [-0.25, -0.2) is 15.0 Å². The fourth-order valence-corrected chi connectivity index (χ4v) is 10.7. The second-order valence-electron chi connectivity index (χ2n) is 16.4. The van der Waals surface area contributed by atoms with E-state index in [0.29, 0.717) is 17.5 Å². The summed E-state index contributed by atoms with van der Waals surface area (Å²) >= 11 is 1.87. The molecule has 1 aliphatic carbocycles. The first-order chi connectivity index (χ1) is 29.5. The van der Waals surface area contributed by atoms with E-state index in [9.17, 15) is 0 Å². The lowest BCUT2D eigenvalue weighted by molar-refractivity contribution is 0.660. The Morgan fingerprint density at radius 2 is 0.900 bits per heavy atom. The Hall–Kier alpha value is -7.27. The van der Waals surface area contributed by atoms with Gasteiger partial charge in [-0.15, -0.1) is 11.3 Å². The molecule has 0 unspecified atom stereocenters. The first-order valence-corrected chi connectivity index (χ1v) is 21.3. The van der Waals surface area contributed by atoms with Crippen LogP contribution < -0.4 is 0 Å². The van der Waals surface area contributed by atoms with Gasteiger partial charge < -0.3 is 0 Å². The average Bonchev–Trinajstić information content (AvgIpc) is 3.80. The predicted molar refractivity (Wildman–Crippen MR) is 252 cm³/mol. The summed E-state index contributed by atoms with van der Waals surface area (Å²) in [6, 6.07) is 67.8. The molecule has 0 atom stereocenters. The van der Waals surface area contributed by atoms with Crippen LogP contribution in [0, 0.1) is 0 Å². The largest absolute Gasteiger partial charge is 0.208 e. The number of hydrogen-bond donors (Lipinski definition) is 0. The summed E-state index contributed by atoms with van der Waals surface area (Å²) in [5, 5.41) is 7.20. The van der Waals surface area contributed by atoms with E-state index in [0.717, 1.165) is 32.8 Å². The second-order valence-corrected chi connectivity index (χ2v) is 17.4. The molecule has 9 aromatic carbocycles. The maximum Gasteiger partial charge on any atom is 0.164 e. The number of thiophene rings is 1. The summed E-state index contributed by atoms with van der Waals surface area (Å²) in [6.45, 7) is 4.63. The number of nitrogens with zero attached hydrogens (tertiary/aromatic N) is 3. The first kappa shape index (κ1) is 34.7. The van der Waals surface area contributed by atoms with Gasteiger partial charge >= 0.3 is 0 Å². The Morgan fingerprint density at radius 1 is 0.350 bits per heavy atom. The van der Waals surface area contributed by atoms with E-state index in [4.69, 9.17) is 15.0 Å². The van der Waals surface area contributed by atoms with E-state index < -0.39 is 0 Å². The van der Waals surface area contributed by atoms with E-state index in [2.05, 4.69) is 202 Å². The van der Waals surface area contributed by atoms with Gasteiger partial charge in [-0.1, -0.05) is 172 Å². The summed E-state index contributed by atoms with van der Waals surface area (Å²) in [7, 11) is 0. The Bertz CT molecular complexity index is 3530. The zero-order chi connectivity index (χ0) is 40.0. The monoisotopic (exact) mass is 783 g/mol. The molecule has 0 N–H and O–H groups in total. The third-order valence-corrected chi connectivity index (χ3v) is 13.8. The number of benzene rings is 9. The molecule has 11 aromatic rings. The highest BCUT2D eigenvalue weighted by molar-refractivity contribution is 7.26. The van der Waals surface area contributed by atoms with Gasteiger partial charge in [0.1, 0.15) is 0 Å². The van der Waals surface area contributed by atoms with Gasteiger partial charge in [0.2, 0.25) is 0 Å². The van der Waals surface area contributed by atoms with E-state index in [1.54, 1.807) is 0 Å². The molecule has 4 heteroatoms. The average molecular weight is 784 g/mol. The van der Waals surface area contributed by atoms with Crippen molar-refractivity contribution in [3.05, 3.63) is 199 Å². The Labute approximate surface area is 352 Å². The third-order valence-electron chi connectivity index (χ3n) is 12.5. The molecule has 12 rings (SSSR count). The van der Waals surface area contributed by atoms with Gasteiger partial charge in [-0.3, -0.25) is 0 Å². The lowest BCUT2D eigenvalue weighted by atomic mass is 9.82. The van der Waals surface area contributed by atoms with Crippen LogP contribution in [-0.2, 0) is 5.41 Å². The molecule has 0 radical (unpaired) electrons. The minimum atomic E-state index is -0.149. The standard InChI is InChI=1S/C56H37N3S/c1-56(2)49-21-10-8-17-44(49)45-28-27-39(33-50(45)56)54-57-53(58-55(59-54)48-30-29-40(34-13-4-3-5-14-34)42-15-6-7-16-43(42)48)38-26-24-35-31-37(25-23-36(35)32-38)41-19-12-20-47-46-18-9-11-22-51(46)60-52(41)47/h3-33H,1-2H3.